The van der Waals surface area contributed by atoms with Crippen LogP contribution in [-0.2, 0) is 11.3 Å². The Morgan fingerprint density at radius 2 is 1.70 bits per heavy atom. The molecule has 13 nitrogen and oxygen atoms in total. The van der Waals surface area contributed by atoms with Gasteiger partial charge in [0.25, 0.3) is 5.91 Å². The summed E-state index contributed by atoms with van der Waals surface area (Å²) in [5.74, 6) is -1.38. The van der Waals surface area contributed by atoms with Crippen LogP contribution in [0.3, 0.4) is 0 Å². The zero-order valence-electron chi connectivity index (χ0n) is 23.5. The van der Waals surface area contributed by atoms with Crippen LogP contribution in [0.1, 0.15) is 41.6 Å². The van der Waals surface area contributed by atoms with Gasteiger partial charge < -0.3 is 41.0 Å². The molecule has 1 aromatic heterocycles. The predicted molar refractivity (Wildman–Crippen MR) is 152 cm³/mol. The van der Waals surface area contributed by atoms with Gasteiger partial charge in [0, 0.05) is 24.8 Å². The van der Waals surface area contributed by atoms with Crippen molar-refractivity contribution in [3.8, 4) is 17.5 Å². The standard InChI is InChI=1S/C28H32F3N7O6/c29-28(30,31)16-44-27-37-25-33-15-17-5-8-19(9-6-17)42-11-3-1-2-4-12-43-22-13-18(34-26(36-25)38-27)7-10-20(22)23(39)35-21(14-32)24(40)41/h5-10,13,21H,1-4,11-12,14-16,32H2,(H,35,39)(H,40,41)(H2,33,34,36,37,38)/t21-/m0/s1. The number of hydrogen-bond acceptors (Lipinski definition) is 11. The average Bonchev–Trinajstić information content (AvgIpc) is 2.98. The number of alkyl halides is 3. The number of nitrogens with zero attached hydrogens (tertiary/aromatic N) is 3. The zero-order chi connectivity index (χ0) is 31.5. The maximum absolute atomic E-state index is 12.9. The number of carboxylic acids is 1. The summed E-state index contributed by atoms with van der Waals surface area (Å²) in [7, 11) is 0. The number of carbonyl (C=O) groups excluding carboxylic acids is 1. The maximum atomic E-state index is 12.9. The van der Waals surface area contributed by atoms with Gasteiger partial charge in [-0.25, -0.2) is 4.79 Å². The second-order valence-corrected chi connectivity index (χ2v) is 9.71. The molecule has 236 valence electrons. The van der Waals surface area contributed by atoms with Crippen molar-refractivity contribution < 1.29 is 42.1 Å². The van der Waals surface area contributed by atoms with Crippen molar-refractivity contribution in [1.29, 1.82) is 0 Å². The van der Waals surface area contributed by atoms with E-state index in [1.807, 2.05) is 24.3 Å². The van der Waals surface area contributed by atoms with Crippen molar-refractivity contribution >= 4 is 29.5 Å². The molecule has 6 bridgehead atoms. The van der Waals surface area contributed by atoms with Gasteiger partial charge in [-0.15, -0.1) is 0 Å². The fourth-order valence-corrected chi connectivity index (χ4v) is 4.01. The molecule has 0 aliphatic carbocycles. The summed E-state index contributed by atoms with van der Waals surface area (Å²) < 4.78 is 55.0. The normalized spacial score (nSPS) is 14.8. The summed E-state index contributed by atoms with van der Waals surface area (Å²) in [6.45, 7) is -0.916. The molecule has 0 spiro atoms. The van der Waals surface area contributed by atoms with Crippen molar-refractivity contribution in [3.05, 3.63) is 53.6 Å². The van der Waals surface area contributed by atoms with Gasteiger partial charge in [0.05, 0.1) is 18.8 Å². The number of fused-ring (bicyclic) bond motifs is 10. The van der Waals surface area contributed by atoms with Crippen LogP contribution in [0.4, 0.5) is 30.8 Å². The Morgan fingerprint density at radius 3 is 2.39 bits per heavy atom. The summed E-state index contributed by atoms with van der Waals surface area (Å²) in [5.41, 5.74) is 6.69. The van der Waals surface area contributed by atoms with Gasteiger partial charge in [-0.05, 0) is 55.5 Å². The van der Waals surface area contributed by atoms with Crippen molar-refractivity contribution in [3.63, 3.8) is 0 Å². The number of nitrogens with two attached hydrogens (primary N) is 1. The second-order valence-electron chi connectivity index (χ2n) is 9.71. The fraction of sp³-hybridized carbons (Fsp3) is 0.393. The molecular weight excluding hydrogens is 587 g/mol. The van der Waals surface area contributed by atoms with Crippen molar-refractivity contribution in [2.45, 2.75) is 44.4 Å². The number of rotatable bonds is 6. The Hall–Kier alpha value is -4.86. The minimum absolute atomic E-state index is 0.0544. The van der Waals surface area contributed by atoms with E-state index in [0.717, 1.165) is 24.8 Å². The average molecular weight is 620 g/mol. The summed E-state index contributed by atoms with van der Waals surface area (Å²) in [6.07, 6.45) is -1.42. The molecule has 2 aliphatic rings. The van der Waals surface area contributed by atoms with Gasteiger partial charge in [-0.2, -0.15) is 28.1 Å². The Labute approximate surface area is 250 Å². The first kappa shape index (κ1) is 32.1. The lowest BCUT2D eigenvalue weighted by atomic mass is 10.1. The predicted octanol–water partition coefficient (Wildman–Crippen LogP) is 3.64. The van der Waals surface area contributed by atoms with Crippen molar-refractivity contribution in [2.24, 2.45) is 5.73 Å². The number of hydrogen-bond donors (Lipinski definition) is 5. The van der Waals surface area contributed by atoms with Gasteiger partial charge in [-0.1, -0.05) is 12.1 Å². The SMILES string of the molecule is NC[C@H](NC(=O)c1ccc2cc1OCCCCCCOc1ccc(cc1)CNc1nc(nc(OCC(F)(F)F)n1)N2)C(=O)O. The molecule has 3 heterocycles. The minimum atomic E-state index is -4.62. The summed E-state index contributed by atoms with van der Waals surface area (Å²) >= 11 is 0. The number of nitrogens with one attached hydrogen (secondary N) is 3. The second kappa shape index (κ2) is 15.0. The van der Waals surface area contributed by atoms with E-state index in [1.54, 1.807) is 0 Å². The van der Waals surface area contributed by atoms with Gasteiger partial charge in [0.15, 0.2) is 6.61 Å². The molecule has 1 atom stereocenters. The highest BCUT2D eigenvalue weighted by Crippen LogP contribution is 2.27. The molecule has 5 rings (SSSR count). The van der Waals surface area contributed by atoms with Crippen LogP contribution in [0, 0.1) is 0 Å². The lowest BCUT2D eigenvalue weighted by Gasteiger charge is -2.17. The van der Waals surface area contributed by atoms with Crippen LogP contribution in [-0.4, -0.2) is 70.5 Å². The highest BCUT2D eigenvalue weighted by atomic mass is 19.4. The van der Waals surface area contributed by atoms with E-state index in [1.165, 1.54) is 18.2 Å². The van der Waals surface area contributed by atoms with E-state index in [9.17, 15) is 27.9 Å². The third-order valence-electron chi connectivity index (χ3n) is 6.24. The molecular formula is C28H32F3N7O6. The molecule has 0 saturated heterocycles. The van der Waals surface area contributed by atoms with E-state index in [0.29, 0.717) is 24.5 Å². The summed E-state index contributed by atoms with van der Waals surface area (Å²) in [5, 5.41) is 17.5. The molecule has 16 heteroatoms. The number of amides is 1. The molecule has 44 heavy (non-hydrogen) atoms. The third-order valence-corrected chi connectivity index (χ3v) is 6.24. The van der Waals surface area contributed by atoms with Crippen molar-refractivity contribution in [2.75, 3.05) is 37.0 Å². The van der Waals surface area contributed by atoms with Crippen LogP contribution in [0.5, 0.6) is 17.5 Å². The molecule has 1 amide bonds. The van der Waals surface area contributed by atoms with Gasteiger partial charge in [0.1, 0.15) is 17.5 Å². The summed E-state index contributed by atoms with van der Waals surface area (Å²) in [4.78, 5) is 36.5. The Balaban J connectivity index is 1.64. The lowest BCUT2D eigenvalue weighted by molar-refractivity contribution is -0.154. The number of aromatic nitrogens is 3. The van der Waals surface area contributed by atoms with Crippen LogP contribution in [0.25, 0.3) is 0 Å². The van der Waals surface area contributed by atoms with E-state index >= 15 is 0 Å². The Morgan fingerprint density at radius 1 is 1.00 bits per heavy atom. The molecule has 2 aromatic carbocycles. The molecule has 6 N–H and O–H groups in total. The molecule has 0 unspecified atom stereocenters. The number of halogens is 3. The first-order valence-electron chi connectivity index (χ1n) is 13.8. The van der Waals surface area contributed by atoms with E-state index in [2.05, 4.69) is 30.9 Å². The molecule has 3 aromatic rings. The molecule has 0 radical (unpaired) electrons. The maximum Gasteiger partial charge on any atom is 0.422 e. The topological polar surface area (TPSA) is 183 Å². The van der Waals surface area contributed by atoms with Gasteiger partial charge >= 0.3 is 18.2 Å². The van der Waals surface area contributed by atoms with Crippen LogP contribution in [0.15, 0.2) is 42.5 Å². The number of ether oxygens (including phenoxy) is 3. The smallest absolute Gasteiger partial charge is 0.422 e. The van der Waals surface area contributed by atoms with E-state index < -0.39 is 36.7 Å². The largest absolute Gasteiger partial charge is 0.494 e. The Kier molecular flexibility index (Phi) is 11.0. The number of aliphatic carboxylic acids is 1. The van der Waals surface area contributed by atoms with Crippen LogP contribution in [0.2, 0.25) is 0 Å². The monoisotopic (exact) mass is 619 g/mol. The fourth-order valence-electron chi connectivity index (χ4n) is 4.01. The Bertz CT molecular complexity index is 1430. The van der Waals surface area contributed by atoms with E-state index in [-0.39, 0.29) is 42.9 Å². The molecule has 0 saturated carbocycles. The van der Waals surface area contributed by atoms with Crippen LogP contribution >= 0.6 is 0 Å². The number of benzene rings is 2. The van der Waals surface area contributed by atoms with Gasteiger partial charge in [0.2, 0.25) is 11.9 Å². The zero-order valence-corrected chi connectivity index (χ0v) is 23.5. The first-order valence-corrected chi connectivity index (χ1v) is 13.8. The van der Waals surface area contributed by atoms with E-state index in [4.69, 9.17) is 19.9 Å². The minimum Gasteiger partial charge on any atom is -0.494 e. The summed E-state index contributed by atoms with van der Waals surface area (Å²) in [6, 6.07) is 9.79. The number of anilines is 3. The molecule has 2 aliphatic heterocycles. The lowest BCUT2D eigenvalue weighted by Crippen LogP contribution is -2.45. The number of carboxylic acid groups (broad SMARTS) is 1. The van der Waals surface area contributed by atoms with Gasteiger partial charge in [-0.3, -0.25) is 4.79 Å². The third kappa shape index (κ3) is 9.86. The van der Waals surface area contributed by atoms with Crippen LogP contribution < -0.4 is 35.9 Å². The number of carbonyl (C=O) groups is 2. The highest BCUT2D eigenvalue weighted by Gasteiger charge is 2.29. The molecule has 0 fully saturated rings. The highest BCUT2D eigenvalue weighted by molar-refractivity contribution is 5.99. The first-order chi connectivity index (χ1) is 21.1. The quantitative estimate of drug-likeness (QED) is 0.270. The van der Waals surface area contributed by atoms with Crippen molar-refractivity contribution in [1.82, 2.24) is 20.3 Å².